The zero-order valence-corrected chi connectivity index (χ0v) is 15.0. The van der Waals surface area contributed by atoms with Crippen LogP contribution in [0.2, 0.25) is 5.15 Å². The summed E-state index contributed by atoms with van der Waals surface area (Å²) in [5, 5.41) is 12.7. The predicted octanol–water partition coefficient (Wildman–Crippen LogP) is 4.26. The number of aliphatic hydroxyl groups is 1. The molecule has 3 rings (SSSR count). The van der Waals surface area contributed by atoms with Crippen molar-refractivity contribution in [2.45, 2.75) is 19.3 Å². The van der Waals surface area contributed by atoms with Gasteiger partial charge in [0.15, 0.2) is 5.69 Å². The number of alkyl halides is 3. The molecule has 0 bridgehead atoms. The first-order chi connectivity index (χ1) is 12.8. The SMILES string of the molecule is Cn1cc(C(F)(F)F)nc1-c1ccc(CNc2nc(Cl)ccc2CO)cc1. The van der Waals surface area contributed by atoms with E-state index in [-0.39, 0.29) is 12.4 Å². The van der Waals surface area contributed by atoms with Crippen LogP contribution in [0.15, 0.2) is 42.6 Å². The Bertz CT molecular complexity index is 939. The number of aromatic nitrogens is 3. The van der Waals surface area contributed by atoms with E-state index in [4.69, 9.17) is 11.6 Å². The minimum atomic E-state index is -4.48. The van der Waals surface area contributed by atoms with E-state index < -0.39 is 11.9 Å². The molecule has 0 spiro atoms. The molecule has 5 nitrogen and oxygen atoms in total. The van der Waals surface area contributed by atoms with Crippen LogP contribution in [0.5, 0.6) is 0 Å². The Labute approximate surface area is 158 Å². The molecule has 0 saturated carbocycles. The maximum absolute atomic E-state index is 12.8. The molecular formula is C18H16ClF3N4O. The summed E-state index contributed by atoms with van der Waals surface area (Å²) >= 11 is 5.87. The van der Waals surface area contributed by atoms with Crippen LogP contribution in [0.4, 0.5) is 19.0 Å². The molecule has 2 N–H and O–H groups in total. The summed E-state index contributed by atoms with van der Waals surface area (Å²) in [6.45, 7) is 0.237. The van der Waals surface area contributed by atoms with Gasteiger partial charge < -0.3 is 15.0 Å². The topological polar surface area (TPSA) is 63.0 Å². The first kappa shape index (κ1) is 19.2. The number of anilines is 1. The number of nitrogens with zero attached hydrogens (tertiary/aromatic N) is 3. The van der Waals surface area contributed by atoms with Gasteiger partial charge in [-0.2, -0.15) is 13.2 Å². The zero-order chi connectivity index (χ0) is 19.6. The molecule has 27 heavy (non-hydrogen) atoms. The van der Waals surface area contributed by atoms with Crippen LogP contribution in [0, 0.1) is 0 Å². The van der Waals surface area contributed by atoms with Crippen molar-refractivity contribution in [2.75, 3.05) is 5.32 Å². The monoisotopic (exact) mass is 396 g/mol. The molecule has 0 fully saturated rings. The summed E-state index contributed by atoms with van der Waals surface area (Å²) < 4.78 is 39.7. The summed E-state index contributed by atoms with van der Waals surface area (Å²) in [6.07, 6.45) is -3.51. The molecule has 3 aromatic rings. The van der Waals surface area contributed by atoms with Crippen LogP contribution in [-0.4, -0.2) is 19.6 Å². The highest BCUT2D eigenvalue weighted by Crippen LogP contribution is 2.30. The molecule has 1 aromatic carbocycles. The fourth-order valence-electron chi connectivity index (χ4n) is 2.57. The molecule has 0 radical (unpaired) electrons. The second kappa shape index (κ2) is 7.58. The minimum Gasteiger partial charge on any atom is -0.392 e. The fraction of sp³-hybridized carbons (Fsp3) is 0.222. The van der Waals surface area contributed by atoms with Gasteiger partial charge in [0.05, 0.1) is 6.61 Å². The molecule has 0 aliphatic heterocycles. The Hall–Kier alpha value is -2.58. The van der Waals surface area contributed by atoms with E-state index in [9.17, 15) is 18.3 Å². The van der Waals surface area contributed by atoms with Gasteiger partial charge in [-0.25, -0.2) is 9.97 Å². The molecule has 0 atom stereocenters. The molecule has 0 saturated heterocycles. The van der Waals surface area contributed by atoms with Gasteiger partial charge >= 0.3 is 6.18 Å². The Morgan fingerprint density at radius 3 is 2.41 bits per heavy atom. The smallest absolute Gasteiger partial charge is 0.392 e. The lowest BCUT2D eigenvalue weighted by molar-refractivity contribution is -0.140. The lowest BCUT2D eigenvalue weighted by Gasteiger charge is -2.10. The standard InChI is InChI=1S/C18H16ClF3N4O/c1-26-9-14(18(20,21)22)24-17(26)12-4-2-11(3-5-12)8-23-16-13(10-27)6-7-15(19)25-16/h2-7,9,27H,8,10H2,1H3,(H,23,25). The summed E-state index contributed by atoms with van der Waals surface area (Å²) in [5.41, 5.74) is 1.15. The molecule has 0 aliphatic rings. The molecule has 9 heteroatoms. The van der Waals surface area contributed by atoms with E-state index in [0.29, 0.717) is 28.6 Å². The number of halogens is 4. The average molecular weight is 397 g/mol. The van der Waals surface area contributed by atoms with Crippen LogP contribution < -0.4 is 5.32 Å². The third kappa shape index (κ3) is 4.40. The van der Waals surface area contributed by atoms with Gasteiger partial charge in [-0.1, -0.05) is 35.9 Å². The van der Waals surface area contributed by atoms with E-state index in [2.05, 4.69) is 15.3 Å². The lowest BCUT2D eigenvalue weighted by Crippen LogP contribution is -2.05. The van der Waals surface area contributed by atoms with Crippen molar-refractivity contribution in [3.8, 4) is 11.4 Å². The fourth-order valence-corrected chi connectivity index (χ4v) is 2.72. The summed E-state index contributed by atoms with van der Waals surface area (Å²) in [4.78, 5) is 7.81. The first-order valence-corrected chi connectivity index (χ1v) is 8.35. The molecule has 142 valence electrons. The average Bonchev–Trinajstić information content (AvgIpc) is 3.03. The number of imidazole rings is 1. The van der Waals surface area contributed by atoms with Gasteiger partial charge in [-0.3, -0.25) is 0 Å². The van der Waals surface area contributed by atoms with Crippen molar-refractivity contribution in [2.24, 2.45) is 7.05 Å². The lowest BCUT2D eigenvalue weighted by atomic mass is 10.1. The highest BCUT2D eigenvalue weighted by atomic mass is 35.5. The van der Waals surface area contributed by atoms with Gasteiger partial charge in [0.2, 0.25) is 0 Å². The molecule has 2 heterocycles. The molecule has 0 aliphatic carbocycles. The quantitative estimate of drug-likeness (QED) is 0.632. The first-order valence-electron chi connectivity index (χ1n) is 7.98. The number of aryl methyl sites for hydroxylation is 1. The summed E-state index contributed by atoms with van der Waals surface area (Å²) in [5.74, 6) is 0.717. The number of benzene rings is 1. The number of pyridine rings is 1. The zero-order valence-electron chi connectivity index (χ0n) is 14.3. The molecular weight excluding hydrogens is 381 g/mol. The van der Waals surface area contributed by atoms with Crippen LogP contribution in [0.1, 0.15) is 16.8 Å². The maximum Gasteiger partial charge on any atom is 0.434 e. The van der Waals surface area contributed by atoms with Crippen LogP contribution >= 0.6 is 11.6 Å². The Kier molecular flexibility index (Phi) is 5.38. The van der Waals surface area contributed by atoms with Gasteiger partial charge in [0.25, 0.3) is 0 Å². The molecule has 2 aromatic heterocycles. The van der Waals surface area contributed by atoms with Crippen molar-refractivity contribution >= 4 is 17.4 Å². The number of nitrogens with one attached hydrogen (secondary N) is 1. The normalized spacial score (nSPS) is 11.6. The maximum atomic E-state index is 12.8. The van der Waals surface area contributed by atoms with E-state index in [0.717, 1.165) is 11.8 Å². The highest BCUT2D eigenvalue weighted by molar-refractivity contribution is 6.29. The second-order valence-corrected chi connectivity index (χ2v) is 6.30. The second-order valence-electron chi connectivity index (χ2n) is 5.91. The number of rotatable bonds is 5. The van der Waals surface area contributed by atoms with Crippen molar-refractivity contribution in [1.82, 2.24) is 14.5 Å². The van der Waals surface area contributed by atoms with Crippen molar-refractivity contribution < 1.29 is 18.3 Å². The van der Waals surface area contributed by atoms with Crippen molar-refractivity contribution in [3.63, 3.8) is 0 Å². The van der Waals surface area contributed by atoms with Crippen molar-refractivity contribution in [1.29, 1.82) is 0 Å². The number of hydrogen-bond acceptors (Lipinski definition) is 4. The van der Waals surface area contributed by atoms with Crippen molar-refractivity contribution in [3.05, 3.63) is 64.6 Å². The third-order valence-electron chi connectivity index (χ3n) is 3.95. The Morgan fingerprint density at radius 1 is 1.11 bits per heavy atom. The van der Waals surface area contributed by atoms with Crippen LogP contribution in [-0.2, 0) is 26.4 Å². The predicted molar refractivity (Wildman–Crippen MR) is 96.1 cm³/mol. The third-order valence-corrected chi connectivity index (χ3v) is 4.16. The minimum absolute atomic E-state index is 0.174. The largest absolute Gasteiger partial charge is 0.434 e. The van der Waals surface area contributed by atoms with E-state index in [1.54, 1.807) is 36.4 Å². The number of aliphatic hydroxyl groups excluding tert-OH is 1. The number of hydrogen-bond donors (Lipinski definition) is 2. The van der Waals surface area contributed by atoms with E-state index in [1.807, 2.05) is 0 Å². The van der Waals surface area contributed by atoms with E-state index >= 15 is 0 Å². The van der Waals surface area contributed by atoms with Gasteiger partial charge in [0, 0.05) is 30.9 Å². The Morgan fingerprint density at radius 2 is 1.81 bits per heavy atom. The summed E-state index contributed by atoms with van der Waals surface area (Å²) in [7, 11) is 1.52. The van der Waals surface area contributed by atoms with Gasteiger partial charge in [-0.15, -0.1) is 0 Å². The van der Waals surface area contributed by atoms with Crippen LogP contribution in [0.3, 0.4) is 0 Å². The summed E-state index contributed by atoms with van der Waals surface area (Å²) in [6, 6.07) is 10.3. The highest BCUT2D eigenvalue weighted by Gasteiger charge is 2.34. The van der Waals surface area contributed by atoms with Gasteiger partial charge in [0.1, 0.15) is 16.8 Å². The Balaban J connectivity index is 1.75. The van der Waals surface area contributed by atoms with E-state index in [1.165, 1.54) is 11.6 Å². The van der Waals surface area contributed by atoms with Gasteiger partial charge in [-0.05, 0) is 17.7 Å². The van der Waals surface area contributed by atoms with Crippen LogP contribution in [0.25, 0.3) is 11.4 Å². The molecule has 0 amide bonds. The molecule has 0 unspecified atom stereocenters.